The number of thioether (sulfide) groups is 1. The predicted molar refractivity (Wildman–Crippen MR) is 245 cm³/mol. The van der Waals surface area contributed by atoms with E-state index < -0.39 is 75.9 Å². The van der Waals surface area contributed by atoms with Crippen LogP contribution in [0.25, 0.3) is 0 Å². The van der Waals surface area contributed by atoms with E-state index in [1.54, 1.807) is 48.5 Å². The number of carbonyl (C=O) groups excluding carboxylic acids is 6. The molecule has 2 spiro atoms. The first-order chi connectivity index (χ1) is 33.1. The molecule has 10 rings (SSSR count). The van der Waals surface area contributed by atoms with Crippen LogP contribution in [0.5, 0.6) is 0 Å². The lowest BCUT2D eigenvalue weighted by atomic mass is 9.51. The minimum absolute atomic E-state index is 0.00251. The van der Waals surface area contributed by atoms with Gasteiger partial charge >= 0.3 is 23.9 Å². The maximum Gasteiger partial charge on any atom is 0.342 e. The van der Waals surface area contributed by atoms with Gasteiger partial charge in [-0.1, -0.05) is 63.3 Å². The SMILES string of the molecule is C[C@@H]1C(=O)O[C@H]2C[C@]34[C@@H]5C[C@@H](C(C)(C)C)[C@@]36[C@H](OC(=O)[C@@H]6OCc3ccc(C(=O)c6ccc(C#CCOCCOCCNC(=O)CCCC[C@@H]7SC[C@@H]8NC(=O)N[C@@H]87)cc6)cc3)O[C@]4(C(=O)O5)[C@]21O. The first-order valence-electron chi connectivity index (χ1n) is 24.0. The number of esters is 3. The largest absolute Gasteiger partial charge is 0.459 e. The van der Waals surface area contributed by atoms with Crippen LogP contribution in [-0.2, 0) is 58.9 Å². The molecule has 368 valence electrons. The lowest BCUT2D eigenvalue weighted by Crippen LogP contribution is -2.66. The first kappa shape index (κ1) is 47.6. The standard InChI is InChI=1S/C51H59N3O14S/c1-28-42(57)65-37-25-48-36-24-35(47(2,3)4)49(48)41(43(58)67-45(49)68-51(48,44(59)66-36)50(28,37)61)64-26-30-13-17-32(18-14-30)40(56)31-15-11-29(12-16-31)8-7-20-62-22-23-63-21-19-52-38(55)10-6-5-9-34-39-33(27-69-34)53-46(60)54-39/h11-18,28,33-37,39,41,45,61H,5-6,9-10,19-27H2,1-4H3,(H,52,55)(H2,53,54,60)/t28-,33+,34+,35+,36+,37+,39+,41+,45-,48+,49-,50-,51+/m1/s1. The summed E-state index contributed by atoms with van der Waals surface area (Å²) in [4.78, 5) is 78.1. The Bertz CT molecular complexity index is 2470. The van der Waals surface area contributed by atoms with Gasteiger partial charge < -0.3 is 54.2 Å². The van der Waals surface area contributed by atoms with Crippen molar-refractivity contribution in [2.24, 2.45) is 28.1 Å². The second-order valence-electron chi connectivity index (χ2n) is 20.7. The molecule has 17 nitrogen and oxygen atoms in total. The van der Waals surface area contributed by atoms with Crippen molar-refractivity contribution in [1.82, 2.24) is 16.0 Å². The fraction of sp³-hybridized carbons (Fsp3) is 0.608. The Morgan fingerprint density at radius 3 is 2.41 bits per heavy atom. The van der Waals surface area contributed by atoms with Gasteiger partial charge in [-0.15, -0.1) is 0 Å². The topological polar surface area (TPSA) is 223 Å². The van der Waals surface area contributed by atoms with Crippen molar-refractivity contribution in [3.05, 3.63) is 70.8 Å². The number of hydrogen-bond donors (Lipinski definition) is 4. The van der Waals surface area contributed by atoms with E-state index >= 15 is 0 Å². The van der Waals surface area contributed by atoms with Crippen molar-refractivity contribution >= 4 is 47.4 Å². The molecule has 69 heavy (non-hydrogen) atoms. The molecular weight excluding hydrogens is 911 g/mol. The molecule has 2 aromatic rings. The Hall–Kier alpha value is -5.03. The van der Waals surface area contributed by atoms with Crippen molar-refractivity contribution in [3.63, 3.8) is 0 Å². The van der Waals surface area contributed by atoms with E-state index in [1.165, 1.54) is 6.92 Å². The maximum absolute atomic E-state index is 14.1. The monoisotopic (exact) mass is 969 g/mol. The minimum atomic E-state index is -2.04. The van der Waals surface area contributed by atoms with Crippen molar-refractivity contribution < 1.29 is 67.0 Å². The van der Waals surface area contributed by atoms with E-state index in [0.29, 0.717) is 61.1 Å². The third kappa shape index (κ3) is 7.39. The molecule has 3 amide bonds. The number of ether oxygens (including phenoxy) is 7. The molecule has 8 aliphatic rings. The highest BCUT2D eigenvalue weighted by atomic mass is 32.2. The Morgan fingerprint density at radius 2 is 1.65 bits per heavy atom. The molecule has 0 bridgehead atoms. The van der Waals surface area contributed by atoms with Crippen LogP contribution in [0, 0.1) is 39.9 Å². The van der Waals surface area contributed by atoms with Gasteiger partial charge in [-0.05, 0) is 67.3 Å². The summed E-state index contributed by atoms with van der Waals surface area (Å²) in [7, 11) is 0. The van der Waals surface area contributed by atoms with Gasteiger partial charge in [0.15, 0.2) is 17.5 Å². The molecule has 8 fully saturated rings. The van der Waals surface area contributed by atoms with Gasteiger partial charge in [0.05, 0.1) is 55.3 Å². The molecule has 4 N–H and O–H groups in total. The fourth-order valence-corrected chi connectivity index (χ4v) is 14.7. The highest BCUT2D eigenvalue weighted by Crippen LogP contribution is 2.85. The number of benzene rings is 2. The highest BCUT2D eigenvalue weighted by molar-refractivity contribution is 8.00. The quantitative estimate of drug-likeness (QED) is 0.0446. The average Bonchev–Trinajstić information content (AvgIpc) is 4.17. The zero-order valence-electron chi connectivity index (χ0n) is 39.2. The Labute approximate surface area is 404 Å². The molecule has 6 saturated heterocycles. The summed E-state index contributed by atoms with van der Waals surface area (Å²) in [6.07, 6.45) is -0.617. The van der Waals surface area contributed by atoms with Crippen molar-refractivity contribution in [2.45, 2.75) is 126 Å². The lowest BCUT2D eigenvalue weighted by molar-refractivity contribution is -0.238. The number of aliphatic hydroxyl groups is 1. The molecule has 0 radical (unpaired) electrons. The zero-order chi connectivity index (χ0) is 48.5. The number of nitrogens with one attached hydrogen (secondary N) is 3. The highest BCUT2D eigenvalue weighted by Gasteiger charge is 3.01. The summed E-state index contributed by atoms with van der Waals surface area (Å²) in [6.45, 7) is 9.35. The number of amides is 3. The molecular formula is C51H59N3O14S. The maximum atomic E-state index is 14.1. The van der Waals surface area contributed by atoms with Gasteiger partial charge in [0.1, 0.15) is 18.8 Å². The zero-order valence-corrected chi connectivity index (χ0v) is 40.0. The second kappa shape index (κ2) is 18.0. The van der Waals surface area contributed by atoms with Crippen LogP contribution in [0.15, 0.2) is 48.5 Å². The number of ketones is 1. The molecule has 18 heteroatoms. The Balaban J connectivity index is 0.673. The van der Waals surface area contributed by atoms with Gasteiger partial charge in [-0.3, -0.25) is 14.4 Å². The van der Waals surface area contributed by atoms with Crippen LogP contribution < -0.4 is 16.0 Å². The number of carbonyl (C=O) groups is 6. The van der Waals surface area contributed by atoms with E-state index in [4.69, 9.17) is 33.2 Å². The average molecular weight is 970 g/mol. The number of urea groups is 1. The van der Waals surface area contributed by atoms with Crippen LogP contribution in [0.1, 0.15) is 93.3 Å². The fourth-order valence-electron chi connectivity index (χ4n) is 13.1. The van der Waals surface area contributed by atoms with E-state index in [9.17, 15) is 33.9 Å². The lowest BCUT2D eigenvalue weighted by Gasteiger charge is -2.47. The summed E-state index contributed by atoms with van der Waals surface area (Å²) >= 11 is 1.88. The number of fused-ring (bicyclic) bond motifs is 2. The van der Waals surface area contributed by atoms with Gasteiger partial charge in [0, 0.05) is 47.1 Å². The van der Waals surface area contributed by atoms with Crippen molar-refractivity contribution in [3.8, 4) is 11.8 Å². The van der Waals surface area contributed by atoms with Crippen molar-refractivity contribution in [1.29, 1.82) is 0 Å². The van der Waals surface area contributed by atoms with E-state index in [0.717, 1.165) is 30.6 Å². The normalized spacial score (nSPS) is 36.3. The molecule has 2 saturated carbocycles. The van der Waals surface area contributed by atoms with Crippen LogP contribution in [-0.4, -0.2) is 133 Å². The third-order valence-corrected chi connectivity index (χ3v) is 17.7. The summed E-state index contributed by atoms with van der Waals surface area (Å²) < 4.78 is 42.1. The van der Waals surface area contributed by atoms with Crippen molar-refractivity contribution in [2.75, 3.05) is 38.7 Å². The van der Waals surface area contributed by atoms with E-state index in [-0.39, 0.29) is 55.4 Å². The summed E-state index contributed by atoms with van der Waals surface area (Å²) in [5.41, 5.74) is -4.71. The van der Waals surface area contributed by atoms with Gasteiger partial charge in [0.2, 0.25) is 17.8 Å². The molecule has 13 atom stereocenters. The Morgan fingerprint density at radius 1 is 0.913 bits per heavy atom. The van der Waals surface area contributed by atoms with Crippen LogP contribution in [0.3, 0.4) is 0 Å². The predicted octanol–water partition coefficient (Wildman–Crippen LogP) is 3.34. The molecule has 2 aliphatic carbocycles. The smallest absolute Gasteiger partial charge is 0.342 e. The summed E-state index contributed by atoms with van der Waals surface area (Å²) in [5.74, 6) is 3.29. The van der Waals surface area contributed by atoms with E-state index in [2.05, 4.69) is 27.8 Å². The van der Waals surface area contributed by atoms with Crippen LogP contribution >= 0.6 is 11.8 Å². The molecule has 6 heterocycles. The second-order valence-corrected chi connectivity index (χ2v) is 21.9. The first-order valence-corrected chi connectivity index (χ1v) is 25.1. The summed E-state index contributed by atoms with van der Waals surface area (Å²) in [5, 5.41) is 21.7. The number of hydrogen-bond acceptors (Lipinski definition) is 15. The van der Waals surface area contributed by atoms with E-state index in [1.807, 2.05) is 32.5 Å². The van der Waals surface area contributed by atoms with Gasteiger partial charge in [-0.2, -0.15) is 11.8 Å². The summed E-state index contributed by atoms with van der Waals surface area (Å²) in [6, 6.07) is 14.2. The number of rotatable bonds is 17. The molecule has 0 unspecified atom stereocenters. The third-order valence-electron chi connectivity index (χ3n) is 16.1. The Kier molecular flexibility index (Phi) is 12.4. The van der Waals surface area contributed by atoms with Crippen LogP contribution in [0.2, 0.25) is 0 Å². The molecule has 6 aliphatic heterocycles. The van der Waals surface area contributed by atoms with Crippen LogP contribution in [0.4, 0.5) is 4.79 Å². The van der Waals surface area contributed by atoms with Gasteiger partial charge in [0.25, 0.3) is 0 Å². The van der Waals surface area contributed by atoms with Gasteiger partial charge in [-0.25, -0.2) is 14.4 Å². The number of unbranched alkanes of at least 4 members (excludes halogenated alkanes) is 1. The molecule has 0 aromatic heterocycles. The minimum Gasteiger partial charge on any atom is -0.459 e. The molecule has 2 aromatic carbocycles.